The molecule has 1 aromatic carbocycles. The minimum Gasteiger partial charge on any atom is -0.462 e. The van der Waals surface area contributed by atoms with Crippen LogP contribution in [0.2, 0.25) is 0 Å². The minimum absolute atomic E-state index is 0.0751. The molecule has 7 heteroatoms. The summed E-state index contributed by atoms with van der Waals surface area (Å²) >= 11 is 0. The zero-order chi connectivity index (χ0) is 18.4. The summed E-state index contributed by atoms with van der Waals surface area (Å²) in [5.41, 5.74) is 0.147. The zero-order valence-corrected chi connectivity index (χ0v) is 14.8. The van der Waals surface area contributed by atoms with Crippen molar-refractivity contribution in [2.75, 3.05) is 6.61 Å². The Balaban J connectivity index is 1.92. The van der Waals surface area contributed by atoms with Gasteiger partial charge >= 0.3 is 18.1 Å². The van der Waals surface area contributed by atoms with Crippen molar-refractivity contribution in [3.05, 3.63) is 35.9 Å². The van der Waals surface area contributed by atoms with Gasteiger partial charge in [-0.3, -0.25) is 0 Å². The lowest BCUT2D eigenvalue weighted by Gasteiger charge is -2.28. The summed E-state index contributed by atoms with van der Waals surface area (Å²) in [5, 5.41) is 0. The largest absolute Gasteiger partial charge is 0.462 e. The third-order valence-corrected chi connectivity index (χ3v) is 4.35. The molecule has 0 unspecified atom stereocenters. The molecule has 2 fully saturated rings. The van der Waals surface area contributed by atoms with Crippen molar-refractivity contribution in [3.8, 4) is 0 Å². The van der Waals surface area contributed by atoms with E-state index in [1.165, 1.54) is 4.90 Å². The Morgan fingerprint density at radius 1 is 1.24 bits per heavy atom. The standard InChI is InChI=1S/C18H22N2O5/c1-11(12-8-6-5-7-9-12)19-13-10-24-15(21)14(13)20(16(19)22)17(23)25-18(2,3)4/h5-9,11,13-14H,10H2,1-4H3/t11-,13+,14+/m1/s1. The summed E-state index contributed by atoms with van der Waals surface area (Å²) in [6.07, 6.45) is -0.825. The number of carbonyl (C=O) groups is 3. The second kappa shape index (κ2) is 6.06. The van der Waals surface area contributed by atoms with Crippen LogP contribution in [0.25, 0.3) is 0 Å². The van der Waals surface area contributed by atoms with Crippen LogP contribution in [0.15, 0.2) is 30.3 Å². The van der Waals surface area contributed by atoms with Gasteiger partial charge in [-0.1, -0.05) is 30.3 Å². The van der Waals surface area contributed by atoms with Gasteiger partial charge in [0.25, 0.3) is 0 Å². The van der Waals surface area contributed by atoms with Crippen molar-refractivity contribution < 1.29 is 23.9 Å². The number of carbonyl (C=O) groups excluding carboxylic acids is 3. The lowest BCUT2D eigenvalue weighted by Crippen LogP contribution is -2.46. The Morgan fingerprint density at radius 2 is 1.88 bits per heavy atom. The molecule has 3 atom stereocenters. The minimum atomic E-state index is -0.964. The van der Waals surface area contributed by atoms with E-state index in [0.29, 0.717) is 0 Å². The highest BCUT2D eigenvalue weighted by Crippen LogP contribution is 2.36. The molecular formula is C18H22N2O5. The number of hydrogen-bond donors (Lipinski definition) is 0. The number of hydrogen-bond acceptors (Lipinski definition) is 5. The van der Waals surface area contributed by atoms with Crippen molar-refractivity contribution in [2.24, 2.45) is 0 Å². The average Bonchev–Trinajstić information content (AvgIpc) is 3.03. The summed E-state index contributed by atoms with van der Waals surface area (Å²) < 4.78 is 10.4. The number of fused-ring (bicyclic) bond motifs is 1. The molecule has 7 nitrogen and oxygen atoms in total. The summed E-state index contributed by atoms with van der Waals surface area (Å²) in [4.78, 5) is 40.0. The second-order valence-electron chi connectivity index (χ2n) is 7.27. The number of urea groups is 1. The fourth-order valence-electron chi connectivity index (χ4n) is 3.24. The molecule has 0 aliphatic carbocycles. The van der Waals surface area contributed by atoms with Crippen molar-refractivity contribution in [2.45, 2.75) is 51.4 Å². The third-order valence-electron chi connectivity index (χ3n) is 4.35. The molecule has 0 spiro atoms. The molecule has 3 rings (SSSR count). The van der Waals surface area contributed by atoms with Gasteiger partial charge in [-0.15, -0.1) is 0 Å². The lowest BCUT2D eigenvalue weighted by molar-refractivity contribution is -0.141. The average molecular weight is 346 g/mol. The van der Waals surface area contributed by atoms with Gasteiger partial charge < -0.3 is 14.4 Å². The maximum Gasteiger partial charge on any atom is 0.419 e. The number of rotatable bonds is 2. The Kier molecular flexibility index (Phi) is 4.18. The molecule has 0 aromatic heterocycles. The zero-order valence-electron chi connectivity index (χ0n) is 14.8. The number of imide groups is 1. The van der Waals surface area contributed by atoms with Gasteiger partial charge in [-0.05, 0) is 33.3 Å². The van der Waals surface area contributed by atoms with E-state index in [4.69, 9.17) is 9.47 Å². The fraction of sp³-hybridized carbons (Fsp3) is 0.500. The molecular weight excluding hydrogens is 324 g/mol. The molecule has 2 heterocycles. The first-order valence-electron chi connectivity index (χ1n) is 8.27. The molecule has 25 heavy (non-hydrogen) atoms. The van der Waals surface area contributed by atoms with Crippen molar-refractivity contribution >= 4 is 18.1 Å². The Morgan fingerprint density at radius 3 is 2.48 bits per heavy atom. The van der Waals surface area contributed by atoms with Crippen LogP contribution in [0.5, 0.6) is 0 Å². The van der Waals surface area contributed by atoms with E-state index in [0.717, 1.165) is 10.5 Å². The summed E-state index contributed by atoms with van der Waals surface area (Å²) in [7, 11) is 0. The van der Waals surface area contributed by atoms with Crippen LogP contribution < -0.4 is 0 Å². The number of nitrogens with zero attached hydrogens (tertiary/aromatic N) is 2. The van der Waals surface area contributed by atoms with Crippen LogP contribution in [0, 0.1) is 0 Å². The van der Waals surface area contributed by atoms with Gasteiger partial charge in [-0.25, -0.2) is 19.3 Å². The van der Waals surface area contributed by atoms with Crippen molar-refractivity contribution in [3.63, 3.8) is 0 Å². The summed E-state index contributed by atoms with van der Waals surface area (Å²) in [5.74, 6) is -0.577. The summed E-state index contributed by atoms with van der Waals surface area (Å²) in [6, 6.07) is 7.15. The first-order valence-corrected chi connectivity index (χ1v) is 8.27. The molecule has 0 N–H and O–H groups in total. The van der Waals surface area contributed by atoms with Crippen molar-refractivity contribution in [1.82, 2.24) is 9.80 Å². The van der Waals surface area contributed by atoms with Gasteiger partial charge in [0, 0.05) is 0 Å². The van der Waals surface area contributed by atoms with Crippen LogP contribution >= 0.6 is 0 Å². The number of amides is 3. The van der Waals surface area contributed by atoms with Gasteiger partial charge in [0.2, 0.25) is 0 Å². The highest BCUT2D eigenvalue weighted by molar-refractivity contribution is 6.00. The normalized spacial score (nSPS) is 24.2. The van der Waals surface area contributed by atoms with E-state index in [-0.39, 0.29) is 12.6 Å². The monoisotopic (exact) mass is 346 g/mol. The van der Waals surface area contributed by atoms with E-state index < -0.39 is 35.8 Å². The van der Waals surface area contributed by atoms with Crippen LogP contribution in [0.1, 0.15) is 39.3 Å². The second-order valence-corrected chi connectivity index (χ2v) is 7.27. The van der Waals surface area contributed by atoms with Gasteiger partial charge in [0.15, 0.2) is 6.04 Å². The molecule has 0 saturated carbocycles. The van der Waals surface area contributed by atoms with Gasteiger partial charge in [0.05, 0.1) is 6.04 Å². The van der Waals surface area contributed by atoms with E-state index in [1.54, 1.807) is 20.8 Å². The van der Waals surface area contributed by atoms with Gasteiger partial charge in [0.1, 0.15) is 18.2 Å². The molecule has 2 aliphatic rings. The first-order chi connectivity index (χ1) is 11.7. The van der Waals surface area contributed by atoms with E-state index >= 15 is 0 Å². The van der Waals surface area contributed by atoms with Crippen LogP contribution in [0.3, 0.4) is 0 Å². The smallest absolute Gasteiger partial charge is 0.419 e. The quantitative estimate of drug-likeness (QED) is 0.770. The highest BCUT2D eigenvalue weighted by atomic mass is 16.6. The number of cyclic esters (lactones) is 1. The maximum atomic E-state index is 12.9. The van der Waals surface area contributed by atoms with E-state index in [1.807, 2.05) is 37.3 Å². The number of ether oxygens (including phenoxy) is 2. The van der Waals surface area contributed by atoms with Gasteiger partial charge in [-0.2, -0.15) is 0 Å². The molecule has 134 valence electrons. The van der Waals surface area contributed by atoms with Crippen LogP contribution in [0.4, 0.5) is 9.59 Å². The Hall–Kier alpha value is -2.57. The van der Waals surface area contributed by atoms with Crippen LogP contribution in [-0.2, 0) is 14.3 Å². The van der Waals surface area contributed by atoms with E-state index in [2.05, 4.69) is 0 Å². The molecule has 2 saturated heterocycles. The molecule has 0 bridgehead atoms. The predicted molar refractivity (Wildman–Crippen MR) is 88.7 cm³/mol. The Labute approximate surface area is 146 Å². The SMILES string of the molecule is C[C@H](c1ccccc1)N1C(=O)N(C(=O)OC(C)(C)C)[C@@H]2C(=O)OC[C@@H]21. The topological polar surface area (TPSA) is 76.2 Å². The van der Waals surface area contributed by atoms with E-state index in [9.17, 15) is 14.4 Å². The highest BCUT2D eigenvalue weighted by Gasteiger charge is 2.59. The number of benzene rings is 1. The first kappa shape index (κ1) is 17.3. The molecule has 0 radical (unpaired) electrons. The molecule has 3 amide bonds. The molecule has 1 aromatic rings. The summed E-state index contributed by atoms with van der Waals surface area (Å²) in [6.45, 7) is 7.07. The molecule has 2 aliphatic heterocycles. The fourth-order valence-corrected chi connectivity index (χ4v) is 3.24. The van der Waals surface area contributed by atoms with Crippen molar-refractivity contribution in [1.29, 1.82) is 0 Å². The predicted octanol–water partition coefficient (Wildman–Crippen LogP) is 2.71. The third kappa shape index (κ3) is 3.06. The lowest BCUT2D eigenvalue weighted by atomic mass is 10.0. The Bertz CT molecular complexity index is 697. The maximum absolute atomic E-state index is 12.9. The van der Waals surface area contributed by atoms with Crippen LogP contribution in [-0.4, -0.2) is 52.2 Å². The number of esters is 1.